The molecule has 4 nitrogen and oxygen atoms in total. The first-order valence-electron chi connectivity index (χ1n) is 6.82. The summed E-state index contributed by atoms with van der Waals surface area (Å²) < 4.78 is 15.2. The Kier molecular flexibility index (Phi) is 3.89. The Hall–Kier alpha value is -2.65. The monoisotopic (exact) mass is 325 g/mol. The van der Waals surface area contributed by atoms with E-state index in [0.717, 1.165) is 0 Å². The van der Waals surface area contributed by atoms with Crippen LogP contribution < -0.4 is 0 Å². The summed E-state index contributed by atoms with van der Waals surface area (Å²) in [6.07, 6.45) is 1.81. The number of hydrogen-bond acceptors (Lipinski definition) is 4. The Morgan fingerprint density at radius 1 is 1.30 bits per heavy atom. The minimum Gasteiger partial charge on any atom is -0.268 e. The standard InChI is InChI=1S/C17H12FN3OS/c1-10-3-5-12(8-13(10)18)16(22)21-15-6-4-11(9-19)7-14(15)20-17(21)23-2/h3-8H,1-2H3. The molecular weight excluding hydrogens is 313 g/mol. The van der Waals surface area contributed by atoms with Crippen LogP contribution in [-0.2, 0) is 0 Å². The largest absolute Gasteiger partial charge is 0.268 e. The van der Waals surface area contributed by atoms with Gasteiger partial charge in [0.2, 0.25) is 0 Å². The van der Waals surface area contributed by atoms with Crippen LogP contribution in [0.2, 0.25) is 0 Å². The van der Waals surface area contributed by atoms with Crippen LogP contribution in [0.15, 0.2) is 41.6 Å². The summed E-state index contributed by atoms with van der Waals surface area (Å²) in [7, 11) is 0. The van der Waals surface area contributed by atoms with Crippen LogP contribution in [0.25, 0.3) is 11.0 Å². The molecule has 0 fully saturated rings. The number of aromatic nitrogens is 2. The van der Waals surface area contributed by atoms with Gasteiger partial charge in [0.05, 0.1) is 22.7 Å². The Morgan fingerprint density at radius 2 is 2.09 bits per heavy atom. The number of fused-ring (bicyclic) bond motifs is 1. The fourth-order valence-electron chi connectivity index (χ4n) is 2.32. The van der Waals surface area contributed by atoms with Crippen molar-refractivity contribution < 1.29 is 9.18 Å². The van der Waals surface area contributed by atoms with Crippen LogP contribution in [0.4, 0.5) is 4.39 Å². The molecule has 0 aliphatic carbocycles. The lowest BCUT2D eigenvalue weighted by Crippen LogP contribution is -2.13. The van der Waals surface area contributed by atoms with Crippen LogP contribution >= 0.6 is 11.8 Å². The normalized spacial score (nSPS) is 10.7. The SMILES string of the molecule is CSc1nc2cc(C#N)ccc2n1C(=O)c1ccc(C)c(F)c1. The fraction of sp³-hybridized carbons (Fsp3) is 0.118. The van der Waals surface area contributed by atoms with E-state index in [1.54, 1.807) is 37.3 Å². The predicted molar refractivity (Wildman–Crippen MR) is 87.1 cm³/mol. The zero-order valence-corrected chi connectivity index (χ0v) is 13.3. The third kappa shape index (κ3) is 2.60. The van der Waals surface area contributed by atoms with Crippen molar-refractivity contribution in [2.24, 2.45) is 0 Å². The molecular formula is C17H12FN3OS. The van der Waals surface area contributed by atoms with Crippen molar-refractivity contribution >= 4 is 28.7 Å². The van der Waals surface area contributed by atoms with Crippen molar-refractivity contribution in [2.45, 2.75) is 12.1 Å². The van der Waals surface area contributed by atoms with Gasteiger partial charge in [-0.15, -0.1) is 0 Å². The smallest absolute Gasteiger partial charge is 0.264 e. The minimum atomic E-state index is -0.419. The van der Waals surface area contributed by atoms with Gasteiger partial charge < -0.3 is 0 Å². The van der Waals surface area contributed by atoms with E-state index in [2.05, 4.69) is 4.98 Å². The van der Waals surface area contributed by atoms with Crippen LogP contribution in [-0.4, -0.2) is 21.7 Å². The van der Waals surface area contributed by atoms with Crippen LogP contribution in [0.1, 0.15) is 21.5 Å². The van der Waals surface area contributed by atoms with Crippen molar-refractivity contribution in [3.63, 3.8) is 0 Å². The van der Waals surface area contributed by atoms with Gasteiger partial charge in [0.25, 0.3) is 5.91 Å². The Labute approximate surface area is 136 Å². The summed E-state index contributed by atoms with van der Waals surface area (Å²) in [6, 6.07) is 11.4. The summed E-state index contributed by atoms with van der Waals surface area (Å²) >= 11 is 1.32. The van der Waals surface area contributed by atoms with E-state index in [1.807, 2.05) is 12.3 Å². The zero-order chi connectivity index (χ0) is 16.6. The van der Waals surface area contributed by atoms with E-state index in [-0.39, 0.29) is 11.5 Å². The number of hydrogen-bond donors (Lipinski definition) is 0. The van der Waals surface area contributed by atoms with E-state index in [0.29, 0.717) is 27.3 Å². The van der Waals surface area contributed by atoms with Crippen molar-refractivity contribution in [1.82, 2.24) is 9.55 Å². The van der Waals surface area contributed by atoms with Gasteiger partial charge in [-0.1, -0.05) is 17.8 Å². The van der Waals surface area contributed by atoms with E-state index in [1.165, 1.54) is 22.4 Å². The first-order chi connectivity index (χ1) is 11.0. The lowest BCUT2D eigenvalue weighted by Gasteiger charge is -2.07. The second-order valence-corrected chi connectivity index (χ2v) is 5.79. The highest BCUT2D eigenvalue weighted by Crippen LogP contribution is 2.25. The van der Waals surface area contributed by atoms with Crippen molar-refractivity contribution in [3.8, 4) is 6.07 Å². The van der Waals surface area contributed by atoms with Crippen molar-refractivity contribution in [1.29, 1.82) is 5.26 Å². The number of rotatable bonds is 2. The maximum Gasteiger partial charge on any atom is 0.264 e. The maximum absolute atomic E-state index is 13.8. The average molecular weight is 325 g/mol. The van der Waals surface area contributed by atoms with Crippen LogP contribution in [0, 0.1) is 24.1 Å². The molecule has 0 N–H and O–H groups in total. The molecule has 0 saturated heterocycles. The maximum atomic E-state index is 13.8. The summed E-state index contributed by atoms with van der Waals surface area (Å²) in [5, 5.41) is 9.48. The molecule has 6 heteroatoms. The molecule has 114 valence electrons. The number of aryl methyl sites for hydroxylation is 1. The number of nitrogens with zero attached hydrogens (tertiary/aromatic N) is 3. The van der Waals surface area contributed by atoms with Gasteiger partial charge in [-0.05, 0) is 49.1 Å². The van der Waals surface area contributed by atoms with Crippen LogP contribution in [0.5, 0.6) is 0 Å². The topological polar surface area (TPSA) is 58.7 Å². The fourth-order valence-corrected chi connectivity index (χ4v) is 2.87. The molecule has 0 atom stereocenters. The van der Waals surface area contributed by atoms with E-state index >= 15 is 0 Å². The second-order valence-electron chi connectivity index (χ2n) is 5.02. The molecule has 3 rings (SSSR count). The number of benzene rings is 2. The molecule has 1 aromatic heterocycles. The van der Waals surface area contributed by atoms with Gasteiger partial charge in [-0.25, -0.2) is 9.37 Å². The van der Waals surface area contributed by atoms with Crippen molar-refractivity contribution in [3.05, 3.63) is 58.9 Å². The quantitative estimate of drug-likeness (QED) is 0.673. The van der Waals surface area contributed by atoms with Gasteiger partial charge >= 0.3 is 0 Å². The number of carbonyl (C=O) groups is 1. The summed E-state index contributed by atoms with van der Waals surface area (Å²) in [5.74, 6) is -0.766. The first-order valence-corrected chi connectivity index (χ1v) is 8.05. The Morgan fingerprint density at radius 3 is 2.74 bits per heavy atom. The molecule has 23 heavy (non-hydrogen) atoms. The molecule has 0 amide bonds. The second kappa shape index (κ2) is 5.86. The molecule has 0 bridgehead atoms. The molecule has 3 aromatic rings. The van der Waals surface area contributed by atoms with Gasteiger partial charge in [-0.2, -0.15) is 5.26 Å². The molecule has 0 spiro atoms. The summed E-state index contributed by atoms with van der Waals surface area (Å²) in [4.78, 5) is 17.2. The zero-order valence-electron chi connectivity index (χ0n) is 12.5. The third-order valence-electron chi connectivity index (χ3n) is 3.56. The highest BCUT2D eigenvalue weighted by molar-refractivity contribution is 7.98. The van der Waals surface area contributed by atoms with Gasteiger partial charge in [0.15, 0.2) is 5.16 Å². The Bertz CT molecular complexity index is 972. The highest BCUT2D eigenvalue weighted by atomic mass is 32.2. The summed E-state index contributed by atoms with van der Waals surface area (Å²) in [5.41, 5.74) is 2.38. The van der Waals surface area contributed by atoms with Crippen molar-refractivity contribution in [2.75, 3.05) is 6.26 Å². The average Bonchev–Trinajstić information content (AvgIpc) is 2.94. The molecule has 0 aliphatic rings. The molecule has 0 saturated carbocycles. The molecule has 1 heterocycles. The number of nitriles is 1. The third-order valence-corrected chi connectivity index (χ3v) is 4.20. The lowest BCUT2D eigenvalue weighted by molar-refractivity contribution is 0.0954. The molecule has 0 unspecified atom stereocenters. The first kappa shape index (κ1) is 15.3. The number of imidazole rings is 1. The molecule has 0 radical (unpaired) electrons. The molecule has 2 aromatic carbocycles. The lowest BCUT2D eigenvalue weighted by atomic mass is 10.1. The number of thioether (sulfide) groups is 1. The van der Waals surface area contributed by atoms with E-state index < -0.39 is 5.82 Å². The number of carbonyl (C=O) groups excluding carboxylic acids is 1. The van der Waals surface area contributed by atoms with Gasteiger partial charge in [0.1, 0.15) is 5.82 Å². The van der Waals surface area contributed by atoms with E-state index in [9.17, 15) is 9.18 Å². The predicted octanol–water partition coefficient (Wildman–Crippen LogP) is 3.77. The Balaban J connectivity index is 2.19. The van der Waals surface area contributed by atoms with Crippen LogP contribution in [0.3, 0.4) is 0 Å². The van der Waals surface area contributed by atoms with Gasteiger partial charge in [-0.3, -0.25) is 9.36 Å². The van der Waals surface area contributed by atoms with Gasteiger partial charge in [0, 0.05) is 5.56 Å². The highest BCUT2D eigenvalue weighted by Gasteiger charge is 2.19. The summed E-state index contributed by atoms with van der Waals surface area (Å²) in [6.45, 7) is 1.65. The number of halogens is 1. The minimum absolute atomic E-state index is 0.257. The van der Waals surface area contributed by atoms with E-state index in [4.69, 9.17) is 5.26 Å². The molecule has 0 aliphatic heterocycles.